The van der Waals surface area contributed by atoms with E-state index in [0.717, 1.165) is 193 Å². The average molecular weight is 1790 g/mol. The number of benzene rings is 16. The second-order valence-corrected chi connectivity index (χ2v) is 32.5. The quantitative estimate of drug-likeness (QED) is 0.0287. The van der Waals surface area contributed by atoms with E-state index in [1.165, 1.54) is 9.80 Å². The van der Waals surface area contributed by atoms with Gasteiger partial charge in [0.15, 0.2) is 28.1 Å². The first kappa shape index (κ1) is 85.2. The first-order chi connectivity index (χ1) is 65.6. The van der Waals surface area contributed by atoms with Crippen LogP contribution in [0.1, 0.15) is 25.0 Å². The third-order valence-electron chi connectivity index (χ3n) is 24.9. The van der Waals surface area contributed by atoms with Gasteiger partial charge in [0.2, 0.25) is 0 Å². The fourth-order valence-corrected chi connectivity index (χ4v) is 18.6. The Kier molecular flexibility index (Phi) is 23.0. The standard InChI is InChI=1S/C113H92N8O12S/c1-11-114-111(122)110(112(123)115(12-2)113(114)134)109-99-65-73(71-13-19-83(20-14-71)120-101-61-39-85(116(75-23-43-89(124-3)44-24-75)76-25-45-90(125-4)46-26-76)67-105(101)132-106-68-86(40-62-102(106)120)117(77-27-47-91(126-5)48-28-77)78-29-49-92(127-6)50-30-78)17-59-97(99)98-60-18-74(66-100(98)109)72-15-21-84(22-16-72)121-103-63-41-87(118(79-31-51-93(128-7)52-32-79)80-33-53-94(129-8)54-34-80)69-107(103)133-108-70-88(42-64-104(108)121)119(81-35-55-95(130-9)56-36-81)82-37-57-96(131-10)58-38-82/h13-70H,11-12H2,1-10H3. The van der Waals surface area contributed by atoms with Crippen molar-refractivity contribution in [1.29, 1.82) is 0 Å². The van der Waals surface area contributed by atoms with Gasteiger partial charge in [-0.05, 0) is 350 Å². The molecule has 3 heterocycles. The summed E-state index contributed by atoms with van der Waals surface area (Å²) in [4.78, 5) is 47.1. The Balaban J connectivity index is 0.679. The minimum Gasteiger partial charge on any atom is -0.497 e. The first-order valence-corrected chi connectivity index (χ1v) is 44.3. The summed E-state index contributed by atoms with van der Waals surface area (Å²) < 4.78 is 59.7. The fourth-order valence-electron chi connectivity index (χ4n) is 18.1. The second-order valence-electron chi connectivity index (χ2n) is 32.2. The molecule has 1 saturated heterocycles. The molecule has 0 bridgehead atoms. The normalized spacial score (nSPS) is 12.7. The van der Waals surface area contributed by atoms with Crippen molar-refractivity contribution < 1.29 is 57.0 Å². The molecule has 0 aromatic heterocycles. The number of methoxy groups -OCH3 is 8. The van der Waals surface area contributed by atoms with Crippen LogP contribution in [0.25, 0.3) is 39.0 Å². The van der Waals surface area contributed by atoms with Crippen LogP contribution in [0.5, 0.6) is 69.0 Å². The molecule has 20 rings (SSSR count). The van der Waals surface area contributed by atoms with Gasteiger partial charge in [-0.25, -0.2) is 0 Å². The van der Waals surface area contributed by atoms with Crippen LogP contribution in [0.3, 0.4) is 0 Å². The third-order valence-corrected chi connectivity index (χ3v) is 25.3. The number of rotatable bonds is 26. The molecule has 0 radical (unpaired) electrons. The van der Waals surface area contributed by atoms with Crippen molar-refractivity contribution in [1.82, 2.24) is 9.80 Å². The van der Waals surface area contributed by atoms with E-state index in [1.807, 2.05) is 208 Å². The number of hydrogen-bond donors (Lipinski definition) is 0. The van der Waals surface area contributed by atoms with E-state index in [-0.39, 0.29) is 23.8 Å². The van der Waals surface area contributed by atoms with Crippen molar-refractivity contribution in [3.8, 4) is 102 Å². The average Bonchev–Trinajstić information content (AvgIpc) is 1.55. The predicted octanol–water partition coefficient (Wildman–Crippen LogP) is 27.9. The molecule has 0 atom stereocenters. The summed E-state index contributed by atoms with van der Waals surface area (Å²) in [5.41, 5.74) is 22.8. The molecule has 662 valence electrons. The molecule has 16 aromatic carbocycles. The zero-order chi connectivity index (χ0) is 91.9. The van der Waals surface area contributed by atoms with Gasteiger partial charge in [-0.3, -0.25) is 19.4 Å². The van der Waals surface area contributed by atoms with Crippen LogP contribution in [0.4, 0.5) is 102 Å². The van der Waals surface area contributed by atoms with Crippen molar-refractivity contribution in [2.75, 3.05) is 99.4 Å². The molecular formula is C113H92N8O12S. The van der Waals surface area contributed by atoms with Crippen molar-refractivity contribution in [2.45, 2.75) is 13.8 Å². The zero-order valence-corrected chi connectivity index (χ0v) is 76.1. The van der Waals surface area contributed by atoms with Crippen LogP contribution < -0.4 is 76.8 Å². The molecule has 1 aliphatic carbocycles. The summed E-state index contributed by atoms with van der Waals surface area (Å²) in [5.74, 6) is 7.36. The number of ether oxygens (including phenoxy) is 10. The van der Waals surface area contributed by atoms with Crippen LogP contribution >= 0.6 is 12.2 Å². The Bertz CT molecular complexity index is 6280. The molecular weight excluding hydrogens is 1690 g/mol. The number of nitrogens with zero attached hydrogens (tertiary/aromatic N) is 8. The summed E-state index contributed by atoms with van der Waals surface area (Å²) in [7, 11) is 13.3. The van der Waals surface area contributed by atoms with Gasteiger partial charge >= 0.3 is 0 Å². The van der Waals surface area contributed by atoms with Gasteiger partial charge in [-0.2, -0.15) is 0 Å². The van der Waals surface area contributed by atoms with E-state index in [1.54, 1.807) is 56.9 Å². The minimum atomic E-state index is -0.451. The summed E-state index contributed by atoms with van der Waals surface area (Å²) in [6.45, 7) is 4.28. The van der Waals surface area contributed by atoms with Crippen molar-refractivity contribution >= 4 is 137 Å². The summed E-state index contributed by atoms with van der Waals surface area (Å²) in [6.07, 6.45) is 0. The van der Waals surface area contributed by atoms with Crippen LogP contribution in [-0.2, 0) is 9.59 Å². The number of carbonyl (C=O) groups is 2. The summed E-state index contributed by atoms with van der Waals surface area (Å²) in [5, 5.41) is 0.176. The van der Waals surface area contributed by atoms with Gasteiger partial charge in [0.25, 0.3) is 11.8 Å². The van der Waals surface area contributed by atoms with Crippen LogP contribution in [0.15, 0.2) is 357 Å². The molecule has 16 aromatic rings. The van der Waals surface area contributed by atoms with Gasteiger partial charge in [0.05, 0.1) is 79.6 Å². The monoisotopic (exact) mass is 1780 g/mol. The van der Waals surface area contributed by atoms with E-state index in [4.69, 9.17) is 59.6 Å². The molecule has 20 nitrogen and oxygen atoms in total. The maximum atomic E-state index is 15.4. The van der Waals surface area contributed by atoms with Crippen molar-refractivity contribution in [3.63, 3.8) is 0 Å². The number of likely N-dealkylation sites (N-methyl/N-ethyl adjacent to an activating group) is 2. The molecule has 0 unspecified atom stereocenters. The fraction of sp³-hybridized carbons (Fsp3) is 0.106. The van der Waals surface area contributed by atoms with Crippen molar-refractivity contribution in [2.24, 2.45) is 0 Å². The number of amides is 2. The molecule has 1 fully saturated rings. The van der Waals surface area contributed by atoms with Gasteiger partial charge in [-0.15, -0.1) is 0 Å². The van der Waals surface area contributed by atoms with E-state index < -0.39 is 11.8 Å². The second kappa shape index (κ2) is 36.2. The Hall–Kier alpha value is -16.9. The molecule has 0 saturated carbocycles. The lowest BCUT2D eigenvalue weighted by Gasteiger charge is -2.36. The highest BCUT2D eigenvalue weighted by molar-refractivity contribution is 7.80. The van der Waals surface area contributed by atoms with E-state index in [9.17, 15) is 0 Å². The van der Waals surface area contributed by atoms with Crippen LogP contribution in [0.2, 0.25) is 0 Å². The predicted molar refractivity (Wildman–Crippen MR) is 537 cm³/mol. The number of hydrogen-bond acceptors (Lipinski definition) is 19. The van der Waals surface area contributed by atoms with Crippen LogP contribution in [0, 0.1) is 0 Å². The minimum absolute atomic E-state index is 0.0497. The lowest BCUT2D eigenvalue weighted by atomic mass is 9.91. The van der Waals surface area contributed by atoms with E-state index in [2.05, 4.69) is 187 Å². The van der Waals surface area contributed by atoms with Gasteiger partial charge in [-0.1, -0.05) is 48.5 Å². The van der Waals surface area contributed by atoms with E-state index in [0.29, 0.717) is 28.6 Å². The number of fused-ring (bicyclic) bond motifs is 7. The first-order valence-electron chi connectivity index (χ1n) is 43.9. The molecule has 3 aliphatic heterocycles. The topological polar surface area (TPSA) is 152 Å². The van der Waals surface area contributed by atoms with E-state index >= 15 is 9.59 Å². The molecule has 21 heteroatoms. The smallest absolute Gasteiger partial charge is 0.266 e. The lowest BCUT2D eigenvalue weighted by molar-refractivity contribution is -0.133. The Morgan fingerprint density at radius 1 is 0.239 bits per heavy atom. The highest BCUT2D eigenvalue weighted by atomic mass is 32.1. The summed E-state index contributed by atoms with van der Waals surface area (Å²) >= 11 is 5.95. The molecule has 2 amide bonds. The molecule has 134 heavy (non-hydrogen) atoms. The maximum absolute atomic E-state index is 15.4. The molecule has 0 spiro atoms. The van der Waals surface area contributed by atoms with Gasteiger partial charge < -0.3 is 76.8 Å². The van der Waals surface area contributed by atoms with Gasteiger partial charge in [0, 0.05) is 123 Å². The summed E-state index contributed by atoms with van der Waals surface area (Å²) in [6, 6.07) is 119. The van der Waals surface area contributed by atoms with Crippen LogP contribution in [-0.4, -0.2) is 96.7 Å². The van der Waals surface area contributed by atoms with Crippen molar-refractivity contribution in [3.05, 3.63) is 369 Å². The largest absolute Gasteiger partial charge is 0.497 e. The number of thiocarbonyl (C=S) groups is 1. The third kappa shape index (κ3) is 15.7. The molecule has 4 aliphatic rings. The SMILES string of the molecule is CCN1C(=O)C(=C2c3cc(-c4ccc(N5c6ccc(N(c7ccc(OC)cc7)c7ccc(OC)cc7)cc6Oc6cc(N(c7ccc(OC)cc7)c7ccc(OC)cc7)ccc65)cc4)ccc3-c3ccc(-c4ccc(N5c6ccc(N(c7ccc(OC)cc7)c7ccc(OC)cc7)cc6Oc6cc(N(c7ccc(OC)cc7)c7ccc(OC)cc7)ccc65)cc4)cc32)C(=O)N(CC)C1=S. The highest BCUT2D eigenvalue weighted by Crippen LogP contribution is 2.59. The Morgan fingerprint density at radius 2 is 0.448 bits per heavy atom. The maximum Gasteiger partial charge on any atom is 0.266 e. The molecule has 0 N–H and O–H groups in total. The van der Waals surface area contributed by atoms with Gasteiger partial charge in [0.1, 0.15) is 51.6 Å². The number of carbonyl (C=O) groups excluding carboxylic acids is 2. The Morgan fingerprint density at radius 3 is 0.657 bits per heavy atom. The lowest BCUT2D eigenvalue weighted by Crippen LogP contribution is -2.56. The number of anilines is 18. The zero-order valence-electron chi connectivity index (χ0n) is 75.3. The highest BCUT2D eigenvalue weighted by Gasteiger charge is 2.43. The Labute approximate surface area is 783 Å².